The summed E-state index contributed by atoms with van der Waals surface area (Å²) in [6.07, 6.45) is 2.43. The zero-order valence-electron chi connectivity index (χ0n) is 9.80. The fourth-order valence-electron chi connectivity index (χ4n) is 1.88. The topological polar surface area (TPSA) is 51.7 Å². The highest BCUT2D eigenvalue weighted by atomic mass is 32.1. The van der Waals surface area contributed by atoms with Gasteiger partial charge in [0.15, 0.2) is 0 Å². The van der Waals surface area contributed by atoms with Crippen LogP contribution in [0.15, 0.2) is 11.7 Å². The number of ether oxygens (including phenoxy) is 2. The standard InChI is InChI=1S/C11H16N2O3S/c1-15-4-2-9-7-16-5-3-13(9)11(14)10-6-12-8-17-10/h6,8-9H,2-5,7H2,1H3. The van der Waals surface area contributed by atoms with Crippen molar-refractivity contribution in [2.24, 2.45) is 0 Å². The second-order valence-electron chi connectivity index (χ2n) is 3.87. The van der Waals surface area contributed by atoms with E-state index in [1.165, 1.54) is 11.3 Å². The molecule has 2 rings (SSSR count). The largest absolute Gasteiger partial charge is 0.385 e. The van der Waals surface area contributed by atoms with E-state index in [-0.39, 0.29) is 11.9 Å². The first-order valence-electron chi connectivity index (χ1n) is 5.59. The number of methoxy groups -OCH3 is 1. The van der Waals surface area contributed by atoms with Crippen molar-refractivity contribution in [3.8, 4) is 0 Å². The predicted molar refractivity (Wildman–Crippen MR) is 64.3 cm³/mol. The van der Waals surface area contributed by atoms with Crippen LogP contribution in [-0.4, -0.2) is 55.3 Å². The van der Waals surface area contributed by atoms with E-state index < -0.39 is 0 Å². The molecule has 0 aliphatic carbocycles. The lowest BCUT2D eigenvalue weighted by Gasteiger charge is -2.35. The van der Waals surface area contributed by atoms with Crippen molar-refractivity contribution in [1.82, 2.24) is 9.88 Å². The summed E-state index contributed by atoms with van der Waals surface area (Å²) in [6.45, 7) is 2.48. The molecule has 1 aliphatic heterocycles. The smallest absolute Gasteiger partial charge is 0.265 e. The van der Waals surface area contributed by atoms with Crippen molar-refractivity contribution in [3.63, 3.8) is 0 Å². The quantitative estimate of drug-likeness (QED) is 0.807. The van der Waals surface area contributed by atoms with E-state index in [0.29, 0.717) is 31.2 Å². The maximum atomic E-state index is 12.2. The van der Waals surface area contributed by atoms with Gasteiger partial charge in [-0.2, -0.15) is 0 Å². The summed E-state index contributed by atoms with van der Waals surface area (Å²) >= 11 is 1.38. The first-order chi connectivity index (χ1) is 8.33. The van der Waals surface area contributed by atoms with Crippen LogP contribution >= 0.6 is 11.3 Å². The molecule has 17 heavy (non-hydrogen) atoms. The lowest BCUT2D eigenvalue weighted by Crippen LogP contribution is -2.48. The fourth-order valence-corrected chi connectivity index (χ4v) is 2.45. The van der Waals surface area contributed by atoms with Gasteiger partial charge in [-0.1, -0.05) is 0 Å². The van der Waals surface area contributed by atoms with E-state index in [2.05, 4.69) is 4.98 Å². The van der Waals surface area contributed by atoms with Crippen LogP contribution in [-0.2, 0) is 9.47 Å². The lowest BCUT2D eigenvalue weighted by molar-refractivity contribution is -0.0101. The molecule has 0 radical (unpaired) electrons. The van der Waals surface area contributed by atoms with Gasteiger partial charge in [0.1, 0.15) is 4.88 Å². The van der Waals surface area contributed by atoms with Crippen LogP contribution in [0.4, 0.5) is 0 Å². The van der Waals surface area contributed by atoms with E-state index >= 15 is 0 Å². The van der Waals surface area contributed by atoms with Gasteiger partial charge in [-0.25, -0.2) is 0 Å². The number of carbonyl (C=O) groups is 1. The number of morpholine rings is 1. The Morgan fingerprint density at radius 3 is 3.35 bits per heavy atom. The van der Waals surface area contributed by atoms with E-state index in [1.807, 2.05) is 4.90 Å². The molecule has 6 heteroatoms. The van der Waals surface area contributed by atoms with Gasteiger partial charge in [-0.05, 0) is 6.42 Å². The molecule has 2 heterocycles. The second kappa shape index (κ2) is 6.09. The molecule has 1 amide bonds. The van der Waals surface area contributed by atoms with Gasteiger partial charge >= 0.3 is 0 Å². The normalized spacial score (nSPS) is 20.5. The molecule has 1 aromatic rings. The maximum Gasteiger partial charge on any atom is 0.265 e. The Bertz CT molecular complexity index is 356. The van der Waals surface area contributed by atoms with Gasteiger partial charge in [0.2, 0.25) is 0 Å². The molecular formula is C11H16N2O3S. The van der Waals surface area contributed by atoms with Crippen molar-refractivity contribution in [1.29, 1.82) is 0 Å². The number of amides is 1. The zero-order valence-corrected chi connectivity index (χ0v) is 10.6. The maximum absolute atomic E-state index is 12.2. The SMILES string of the molecule is COCCC1COCCN1C(=O)c1cncs1. The van der Waals surface area contributed by atoms with Crippen LogP contribution in [0.3, 0.4) is 0 Å². The van der Waals surface area contributed by atoms with Crippen LogP contribution in [0.25, 0.3) is 0 Å². The van der Waals surface area contributed by atoms with Crippen LogP contribution in [0.2, 0.25) is 0 Å². The Hall–Kier alpha value is -0.980. The molecule has 1 atom stereocenters. The van der Waals surface area contributed by atoms with E-state index in [4.69, 9.17) is 9.47 Å². The minimum Gasteiger partial charge on any atom is -0.385 e. The highest BCUT2D eigenvalue weighted by Gasteiger charge is 2.28. The van der Waals surface area contributed by atoms with Crippen LogP contribution in [0.1, 0.15) is 16.1 Å². The van der Waals surface area contributed by atoms with E-state index in [1.54, 1.807) is 18.8 Å². The number of rotatable bonds is 4. The van der Waals surface area contributed by atoms with Gasteiger partial charge in [0.05, 0.1) is 31.0 Å². The molecule has 0 saturated carbocycles. The number of hydrogen-bond donors (Lipinski definition) is 0. The fraction of sp³-hybridized carbons (Fsp3) is 0.636. The molecule has 0 bridgehead atoms. The summed E-state index contributed by atoms with van der Waals surface area (Å²) in [7, 11) is 1.67. The Morgan fingerprint density at radius 1 is 1.76 bits per heavy atom. The monoisotopic (exact) mass is 256 g/mol. The third-order valence-corrected chi connectivity index (χ3v) is 3.55. The van der Waals surface area contributed by atoms with Crippen LogP contribution in [0.5, 0.6) is 0 Å². The number of nitrogens with zero attached hydrogens (tertiary/aromatic N) is 2. The Labute approximate surface area is 104 Å². The Morgan fingerprint density at radius 2 is 2.65 bits per heavy atom. The molecule has 1 saturated heterocycles. The van der Waals surface area contributed by atoms with E-state index in [0.717, 1.165) is 6.42 Å². The molecule has 94 valence electrons. The van der Waals surface area contributed by atoms with Crippen LogP contribution in [0, 0.1) is 0 Å². The molecule has 1 fully saturated rings. The highest BCUT2D eigenvalue weighted by Crippen LogP contribution is 2.17. The van der Waals surface area contributed by atoms with Crippen LogP contribution < -0.4 is 0 Å². The zero-order chi connectivity index (χ0) is 12.1. The van der Waals surface area contributed by atoms with Gasteiger partial charge in [0.25, 0.3) is 5.91 Å². The Kier molecular flexibility index (Phi) is 4.47. The van der Waals surface area contributed by atoms with Crippen molar-refractivity contribution in [3.05, 3.63) is 16.6 Å². The van der Waals surface area contributed by atoms with Crippen molar-refractivity contribution >= 4 is 17.2 Å². The average molecular weight is 256 g/mol. The third-order valence-electron chi connectivity index (χ3n) is 2.79. The molecule has 1 aliphatic rings. The second-order valence-corrected chi connectivity index (χ2v) is 4.76. The molecule has 5 nitrogen and oxygen atoms in total. The van der Waals surface area contributed by atoms with Crippen molar-refractivity contribution in [2.75, 3.05) is 33.5 Å². The number of aromatic nitrogens is 1. The first kappa shape index (κ1) is 12.5. The minimum atomic E-state index is 0.0527. The summed E-state index contributed by atoms with van der Waals surface area (Å²) in [4.78, 5) is 18.7. The molecule has 1 unspecified atom stereocenters. The molecule has 0 N–H and O–H groups in total. The molecule has 0 spiro atoms. The van der Waals surface area contributed by atoms with Gasteiger partial charge in [-0.3, -0.25) is 9.78 Å². The summed E-state index contributed by atoms with van der Waals surface area (Å²) in [6, 6.07) is 0.110. The Balaban J connectivity index is 2.03. The van der Waals surface area contributed by atoms with Gasteiger partial charge in [-0.15, -0.1) is 11.3 Å². The number of carbonyl (C=O) groups excluding carboxylic acids is 1. The summed E-state index contributed by atoms with van der Waals surface area (Å²) in [5, 5.41) is 0. The number of hydrogen-bond acceptors (Lipinski definition) is 5. The van der Waals surface area contributed by atoms with Crippen molar-refractivity contribution < 1.29 is 14.3 Å². The first-order valence-corrected chi connectivity index (χ1v) is 6.47. The molecular weight excluding hydrogens is 240 g/mol. The lowest BCUT2D eigenvalue weighted by atomic mass is 10.1. The average Bonchev–Trinajstić information content (AvgIpc) is 2.89. The molecule has 1 aromatic heterocycles. The minimum absolute atomic E-state index is 0.0527. The van der Waals surface area contributed by atoms with Crippen molar-refractivity contribution in [2.45, 2.75) is 12.5 Å². The summed E-state index contributed by atoms with van der Waals surface area (Å²) in [5.74, 6) is 0.0527. The summed E-state index contributed by atoms with van der Waals surface area (Å²) in [5.41, 5.74) is 1.68. The third kappa shape index (κ3) is 3.02. The van der Waals surface area contributed by atoms with E-state index in [9.17, 15) is 4.79 Å². The predicted octanol–water partition coefficient (Wildman–Crippen LogP) is 1.02. The summed E-state index contributed by atoms with van der Waals surface area (Å²) < 4.78 is 10.5. The van der Waals surface area contributed by atoms with Gasteiger partial charge in [0, 0.05) is 20.3 Å². The highest BCUT2D eigenvalue weighted by molar-refractivity contribution is 7.11. The molecule has 0 aromatic carbocycles. The van der Waals surface area contributed by atoms with Gasteiger partial charge < -0.3 is 14.4 Å². The number of thiazole rings is 1.